The Balaban J connectivity index is 2.99. The molecule has 2 N–H and O–H groups in total. The second-order valence-electron chi connectivity index (χ2n) is 2.84. The van der Waals surface area contributed by atoms with Gasteiger partial charge in [0.2, 0.25) is 0 Å². The van der Waals surface area contributed by atoms with Crippen LogP contribution in [0.15, 0.2) is 23.1 Å². The molecule has 0 saturated carbocycles. The van der Waals surface area contributed by atoms with Crippen molar-refractivity contribution in [1.29, 1.82) is 0 Å². The van der Waals surface area contributed by atoms with Gasteiger partial charge in [-0.25, -0.2) is 0 Å². The maximum atomic E-state index is 11.5. The lowest BCUT2D eigenvalue weighted by Crippen LogP contribution is -2.18. The molecule has 0 spiro atoms. The number of thioether (sulfide) groups is 1. The van der Waals surface area contributed by atoms with Gasteiger partial charge in [0.15, 0.2) is 5.78 Å². The topological polar surface area (TPSA) is 49.3 Å². The Morgan fingerprint density at radius 1 is 1.57 bits per heavy atom. The van der Waals surface area contributed by atoms with Gasteiger partial charge in [-0.15, -0.1) is 11.8 Å². The Labute approximate surface area is 87.5 Å². The number of hydrogen-bond donors (Lipinski definition) is 2. The van der Waals surface area contributed by atoms with Crippen molar-refractivity contribution >= 4 is 17.5 Å². The van der Waals surface area contributed by atoms with Gasteiger partial charge in [-0.2, -0.15) is 0 Å². The van der Waals surface area contributed by atoms with E-state index in [1.54, 1.807) is 37.0 Å². The average molecular weight is 211 g/mol. The predicted octanol–water partition coefficient (Wildman–Crippen LogP) is 1.52. The summed E-state index contributed by atoms with van der Waals surface area (Å²) in [5, 5.41) is 12.2. The van der Waals surface area contributed by atoms with E-state index < -0.39 is 0 Å². The maximum Gasteiger partial charge on any atom is 0.180 e. The van der Waals surface area contributed by atoms with Gasteiger partial charge in [0.05, 0.1) is 12.1 Å². The molecule has 0 amide bonds. The van der Waals surface area contributed by atoms with E-state index in [0.29, 0.717) is 5.56 Å². The number of carbonyl (C=O) groups is 1. The zero-order valence-corrected chi connectivity index (χ0v) is 9.02. The van der Waals surface area contributed by atoms with Gasteiger partial charge >= 0.3 is 0 Å². The fraction of sp³-hybridized carbons (Fsp3) is 0.300. The molecule has 0 fully saturated rings. The first-order valence-electron chi connectivity index (χ1n) is 4.24. The zero-order chi connectivity index (χ0) is 10.6. The molecule has 4 heteroatoms. The van der Waals surface area contributed by atoms with Crippen LogP contribution < -0.4 is 5.32 Å². The first-order valence-corrected chi connectivity index (χ1v) is 5.46. The third-order valence-corrected chi connectivity index (χ3v) is 2.57. The van der Waals surface area contributed by atoms with Crippen LogP contribution in [-0.4, -0.2) is 30.7 Å². The number of rotatable bonds is 4. The lowest BCUT2D eigenvalue weighted by atomic mass is 10.1. The molecule has 14 heavy (non-hydrogen) atoms. The monoisotopic (exact) mass is 211 g/mol. The van der Waals surface area contributed by atoms with Gasteiger partial charge in [-0.05, 0) is 31.5 Å². The highest BCUT2D eigenvalue weighted by atomic mass is 32.2. The quantitative estimate of drug-likeness (QED) is 0.585. The summed E-state index contributed by atoms with van der Waals surface area (Å²) in [4.78, 5) is 12.5. The van der Waals surface area contributed by atoms with Crippen molar-refractivity contribution in [3.8, 4) is 5.75 Å². The van der Waals surface area contributed by atoms with Crippen molar-refractivity contribution < 1.29 is 9.90 Å². The molecular weight excluding hydrogens is 198 g/mol. The van der Waals surface area contributed by atoms with Crippen molar-refractivity contribution in [2.45, 2.75) is 4.90 Å². The van der Waals surface area contributed by atoms with Crippen molar-refractivity contribution in [2.24, 2.45) is 0 Å². The molecule has 0 aliphatic carbocycles. The molecule has 0 aromatic heterocycles. The van der Waals surface area contributed by atoms with Gasteiger partial charge in [-0.3, -0.25) is 4.79 Å². The maximum absolute atomic E-state index is 11.5. The van der Waals surface area contributed by atoms with Gasteiger partial charge in [-0.1, -0.05) is 0 Å². The SMILES string of the molecule is CNCC(=O)c1cc(SC)ccc1O. The minimum atomic E-state index is -0.0964. The van der Waals surface area contributed by atoms with Crippen LogP contribution in [-0.2, 0) is 0 Å². The molecule has 1 rings (SSSR count). The molecule has 3 nitrogen and oxygen atoms in total. The van der Waals surface area contributed by atoms with E-state index in [0.717, 1.165) is 4.90 Å². The van der Waals surface area contributed by atoms with Gasteiger partial charge in [0.25, 0.3) is 0 Å². The van der Waals surface area contributed by atoms with Crippen LogP contribution >= 0.6 is 11.8 Å². The first kappa shape index (κ1) is 11.1. The highest BCUT2D eigenvalue weighted by molar-refractivity contribution is 7.98. The Morgan fingerprint density at radius 3 is 2.86 bits per heavy atom. The number of hydrogen-bond acceptors (Lipinski definition) is 4. The van der Waals surface area contributed by atoms with Crippen LogP contribution in [0.4, 0.5) is 0 Å². The highest BCUT2D eigenvalue weighted by Gasteiger charge is 2.10. The zero-order valence-electron chi connectivity index (χ0n) is 8.20. The number of carbonyl (C=O) groups excluding carboxylic acids is 1. The molecule has 0 aliphatic heterocycles. The van der Waals surface area contributed by atoms with Crippen molar-refractivity contribution in [3.63, 3.8) is 0 Å². The molecule has 0 bridgehead atoms. The Bertz CT molecular complexity index is 339. The molecule has 1 aromatic carbocycles. The first-order chi connectivity index (χ1) is 6.69. The molecule has 0 atom stereocenters. The van der Waals surface area contributed by atoms with Crippen LogP contribution in [0.1, 0.15) is 10.4 Å². The molecule has 1 aromatic rings. The number of phenols is 1. The number of likely N-dealkylation sites (N-methyl/N-ethyl adjacent to an activating group) is 1. The summed E-state index contributed by atoms with van der Waals surface area (Å²) in [5.41, 5.74) is 0.381. The van der Waals surface area contributed by atoms with E-state index in [2.05, 4.69) is 5.32 Å². The molecular formula is C10H13NO2S. The highest BCUT2D eigenvalue weighted by Crippen LogP contribution is 2.23. The Kier molecular flexibility index (Phi) is 3.98. The Hall–Kier alpha value is -1.00. The fourth-order valence-electron chi connectivity index (χ4n) is 1.12. The van der Waals surface area contributed by atoms with E-state index in [4.69, 9.17) is 0 Å². The van der Waals surface area contributed by atoms with Crippen LogP contribution in [0, 0.1) is 0 Å². The minimum absolute atomic E-state index is 0.0445. The molecule has 0 heterocycles. The third-order valence-electron chi connectivity index (χ3n) is 1.84. The summed E-state index contributed by atoms with van der Waals surface area (Å²) >= 11 is 1.54. The number of aromatic hydroxyl groups is 1. The summed E-state index contributed by atoms with van der Waals surface area (Å²) < 4.78 is 0. The summed E-state index contributed by atoms with van der Waals surface area (Å²) in [6.45, 7) is 0.241. The van der Waals surface area contributed by atoms with Crippen molar-refractivity contribution in [3.05, 3.63) is 23.8 Å². The summed E-state index contributed by atoms with van der Waals surface area (Å²) in [6.07, 6.45) is 1.93. The van der Waals surface area contributed by atoms with Crippen LogP contribution in [0.2, 0.25) is 0 Å². The van der Waals surface area contributed by atoms with Crippen LogP contribution in [0.5, 0.6) is 5.75 Å². The summed E-state index contributed by atoms with van der Waals surface area (Å²) in [7, 11) is 1.70. The molecule has 0 unspecified atom stereocenters. The summed E-state index contributed by atoms with van der Waals surface area (Å²) in [5.74, 6) is -0.0519. The number of nitrogens with one attached hydrogen (secondary N) is 1. The predicted molar refractivity (Wildman–Crippen MR) is 58.1 cm³/mol. The number of phenolic OH excluding ortho intramolecular Hbond substituents is 1. The molecule has 0 aliphatic rings. The number of benzene rings is 1. The van der Waals surface area contributed by atoms with Crippen LogP contribution in [0.25, 0.3) is 0 Å². The standard InChI is InChI=1S/C10H13NO2S/c1-11-6-10(13)8-5-7(14-2)3-4-9(8)12/h3-5,11-12H,6H2,1-2H3. The van der Waals surface area contributed by atoms with Crippen LogP contribution in [0.3, 0.4) is 0 Å². The van der Waals surface area contributed by atoms with Gasteiger partial charge in [0.1, 0.15) is 5.75 Å². The van der Waals surface area contributed by atoms with E-state index in [9.17, 15) is 9.90 Å². The second kappa shape index (κ2) is 5.02. The smallest absolute Gasteiger partial charge is 0.180 e. The summed E-state index contributed by atoms with van der Waals surface area (Å²) in [6, 6.07) is 5.05. The number of Topliss-reactive ketones (excluding diaryl/α,β-unsaturated/α-hetero) is 1. The largest absolute Gasteiger partial charge is 0.507 e. The van der Waals surface area contributed by atoms with E-state index in [1.807, 2.05) is 6.26 Å². The lowest BCUT2D eigenvalue weighted by Gasteiger charge is -2.05. The number of ketones is 1. The Morgan fingerprint density at radius 2 is 2.29 bits per heavy atom. The normalized spacial score (nSPS) is 10.1. The van der Waals surface area contributed by atoms with E-state index in [1.165, 1.54) is 0 Å². The minimum Gasteiger partial charge on any atom is -0.507 e. The average Bonchev–Trinajstić information content (AvgIpc) is 2.19. The molecule has 76 valence electrons. The van der Waals surface area contributed by atoms with E-state index in [-0.39, 0.29) is 18.1 Å². The van der Waals surface area contributed by atoms with Gasteiger partial charge in [0, 0.05) is 4.90 Å². The van der Waals surface area contributed by atoms with Gasteiger partial charge < -0.3 is 10.4 Å². The third kappa shape index (κ3) is 2.49. The lowest BCUT2D eigenvalue weighted by molar-refractivity contribution is 0.0991. The second-order valence-corrected chi connectivity index (χ2v) is 3.72. The molecule has 0 radical (unpaired) electrons. The molecule has 0 saturated heterocycles. The van der Waals surface area contributed by atoms with Crippen molar-refractivity contribution in [2.75, 3.05) is 19.8 Å². The van der Waals surface area contributed by atoms with Crippen molar-refractivity contribution in [1.82, 2.24) is 5.32 Å². The van der Waals surface area contributed by atoms with E-state index >= 15 is 0 Å². The fourth-order valence-corrected chi connectivity index (χ4v) is 1.56.